The molecule has 114 valence electrons. The van der Waals surface area contributed by atoms with Crippen LogP contribution in [0, 0.1) is 5.41 Å². The van der Waals surface area contributed by atoms with Gasteiger partial charge in [-0.1, -0.05) is 24.3 Å². The van der Waals surface area contributed by atoms with E-state index in [1.165, 1.54) is 28.6 Å². The highest BCUT2D eigenvalue weighted by atomic mass is 16.3. The van der Waals surface area contributed by atoms with Gasteiger partial charge in [0.25, 0.3) is 0 Å². The van der Waals surface area contributed by atoms with E-state index in [0.29, 0.717) is 6.04 Å². The van der Waals surface area contributed by atoms with Crippen molar-refractivity contribution in [3.63, 3.8) is 0 Å². The zero-order chi connectivity index (χ0) is 14.9. The normalized spacial score (nSPS) is 31.3. The minimum Gasteiger partial charge on any atom is -0.392 e. The Hall–Kier alpha value is -1.58. The van der Waals surface area contributed by atoms with Gasteiger partial charge in [-0.2, -0.15) is 0 Å². The number of nitrogens with zero attached hydrogens (tertiary/aromatic N) is 2. The van der Waals surface area contributed by atoms with E-state index in [1.54, 1.807) is 0 Å². The number of aliphatic hydroxyl groups excluding tert-OH is 1. The standard InChI is InChI=1S/C19H22N2O/c1-13(22)19-8-4-10-20-11-7-15-14-5-2-3-6-16(14)21(12-9-19)17(15)18(19)20/h2-3,5-6,9,12-13,18,22H,4,7-8,10-11H2,1H3/t13-,18+,19-/m1/s1. The lowest BCUT2D eigenvalue weighted by atomic mass is 9.65. The summed E-state index contributed by atoms with van der Waals surface area (Å²) in [5, 5.41) is 12.0. The summed E-state index contributed by atoms with van der Waals surface area (Å²) < 4.78 is 2.38. The summed E-state index contributed by atoms with van der Waals surface area (Å²) in [5.41, 5.74) is 4.15. The molecule has 0 bridgehead atoms. The van der Waals surface area contributed by atoms with Crippen molar-refractivity contribution < 1.29 is 5.11 Å². The minimum atomic E-state index is -0.311. The van der Waals surface area contributed by atoms with E-state index in [-0.39, 0.29) is 11.5 Å². The van der Waals surface area contributed by atoms with E-state index >= 15 is 0 Å². The molecule has 3 atom stereocenters. The highest BCUT2D eigenvalue weighted by Crippen LogP contribution is 2.55. The summed E-state index contributed by atoms with van der Waals surface area (Å²) >= 11 is 0. The highest BCUT2D eigenvalue weighted by molar-refractivity contribution is 5.88. The molecule has 4 heterocycles. The van der Waals surface area contributed by atoms with Gasteiger partial charge in [0.15, 0.2) is 0 Å². The molecular weight excluding hydrogens is 272 g/mol. The number of aromatic nitrogens is 1. The fourth-order valence-corrected chi connectivity index (χ4v) is 5.15. The summed E-state index contributed by atoms with van der Waals surface area (Å²) in [6, 6.07) is 9.08. The number of benzene rings is 1. The number of hydrogen-bond acceptors (Lipinski definition) is 2. The first-order chi connectivity index (χ1) is 10.7. The minimum absolute atomic E-state index is 0.113. The lowest BCUT2D eigenvalue weighted by Gasteiger charge is -2.54. The van der Waals surface area contributed by atoms with Crippen LogP contribution in [0.1, 0.15) is 37.1 Å². The Balaban J connectivity index is 1.85. The van der Waals surface area contributed by atoms with Crippen LogP contribution in [-0.2, 0) is 6.42 Å². The van der Waals surface area contributed by atoms with Crippen molar-refractivity contribution in [2.24, 2.45) is 5.41 Å². The number of hydrogen-bond donors (Lipinski definition) is 1. The molecule has 1 saturated heterocycles. The van der Waals surface area contributed by atoms with Gasteiger partial charge in [0.1, 0.15) is 0 Å². The van der Waals surface area contributed by atoms with Crippen molar-refractivity contribution in [3.05, 3.63) is 41.6 Å². The zero-order valence-corrected chi connectivity index (χ0v) is 13.0. The largest absolute Gasteiger partial charge is 0.392 e. The number of fused-ring (bicyclic) bond motifs is 3. The molecule has 0 saturated carbocycles. The quantitative estimate of drug-likeness (QED) is 0.875. The van der Waals surface area contributed by atoms with Crippen LogP contribution < -0.4 is 0 Å². The summed E-state index contributed by atoms with van der Waals surface area (Å²) in [6.45, 7) is 4.25. The molecule has 3 heteroatoms. The molecule has 0 radical (unpaired) electrons. The highest BCUT2D eigenvalue weighted by Gasteiger charge is 2.52. The molecule has 22 heavy (non-hydrogen) atoms. The first-order valence-electron chi connectivity index (χ1n) is 8.45. The molecule has 2 aromatic rings. The molecular formula is C19H22N2O. The maximum Gasteiger partial charge on any atom is 0.0624 e. The van der Waals surface area contributed by atoms with Crippen LogP contribution in [0.25, 0.3) is 17.1 Å². The predicted molar refractivity (Wildman–Crippen MR) is 88.6 cm³/mol. The summed E-state index contributed by atoms with van der Waals surface area (Å²) in [4.78, 5) is 2.61. The molecule has 0 unspecified atom stereocenters. The zero-order valence-electron chi connectivity index (χ0n) is 13.0. The van der Waals surface area contributed by atoms with Crippen molar-refractivity contribution in [3.8, 4) is 0 Å². The molecule has 0 amide bonds. The summed E-state index contributed by atoms with van der Waals surface area (Å²) in [7, 11) is 0. The van der Waals surface area contributed by atoms with Crippen LogP contribution in [0.2, 0.25) is 0 Å². The SMILES string of the molecule is C[C@@H](O)[C@]12C=Cn3c4c(c5ccccc53)CCN(CCC1)[C@@H]42. The first kappa shape index (κ1) is 12.9. The molecule has 1 aromatic heterocycles. The van der Waals surface area contributed by atoms with Gasteiger partial charge in [0.05, 0.1) is 17.7 Å². The van der Waals surface area contributed by atoms with Crippen LogP contribution in [0.3, 0.4) is 0 Å². The molecule has 1 N–H and O–H groups in total. The number of rotatable bonds is 1. The predicted octanol–water partition coefficient (Wildman–Crippen LogP) is 3.19. The Morgan fingerprint density at radius 3 is 3.00 bits per heavy atom. The fourth-order valence-electron chi connectivity index (χ4n) is 5.15. The first-order valence-corrected chi connectivity index (χ1v) is 8.45. The van der Waals surface area contributed by atoms with Crippen LogP contribution in [0.5, 0.6) is 0 Å². The van der Waals surface area contributed by atoms with E-state index in [1.807, 2.05) is 6.92 Å². The van der Waals surface area contributed by atoms with Crippen molar-refractivity contribution in [1.82, 2.24) is 9.47 Å². The average molecular weight is 294 g/mol. The van der Waals surface area contributed by atoms with E-state index < -0.39 is 0 Å². The van der Waals surface area contributed by atoms with Crippen LogP contribution in [-0.4, -0.2) is 33.8 Å². The van der Waals surface area contributed by atoms with E-state index in [2.05, 4.69) is 46.0 Å². The molecule has 3 aliphatic rings. The number of piperidine rings is 1. The third-order valence-electron chi connectivity index (χ3n) is 6.21. The van der Waals surface area contributed by atoms with Crippen LogP contribution in [0.15, 0.2) is 30.3 Å². The second kappa shape index (κ2) is 4.24. The molecule has 1 aromatic carbocycles. The lowest BCUT2D eigenvalue weighted by Crippen LogP contribution is -2.54. The van der Waals surface area contributed by atoms with Gasteiger partial charge >= 0.3 is 0 Å². The van der Waals surface area contributed by atoms with Gasteiger partial charge in [-0.25, -0.2) is 0 Å². The third-order valence-corrected chi connectivity index (χ3v) is 6.21. The molecule has 3 nitrogen and oxygen atoms in total. The lowest BCUT2D eigenvalue weighted by molar-refractivity contribution is -0.0476. The van der Waals surface area contributed by atoms with Crippen molar-refractivity contribution in [1.29, 1.82) is 0 Å². The van der Waals surface area contributed by atoms with Gasteiger partial charge in [-0.05, 0) is 44.4 Å². The van der Waals surface area contributed by atoms with Crippen molar-refractivity contribution in [2.75, 3.05) is 13.1 Å². The molecule has 0 aliphatic carbocycles. The average Bonchev–Trinajstić information content (AvgIpc) is 2.88. The van der Waals surface area contributed by atoms with Gasteiger partial charge in [0, 0.05) is 29.2 Å². The third kappa shape index (κ3) is 1.39. The van der Waals surface area contributed by atoms with E-state index in [4.69, 9.17) is 0 Å². The monoisotopic (exact) mass is 294 g/mol. The van der Waals surface area contributed by atoms with Gasteiger partial charge in [-0.15, -0.1) is 0 Å². The Kier molecular flexibility index (Phi) is 2.49. The Bertz CT molecular complexity index is 788. The van der Waals surface area contributed by atoms with Crippen LogP contribution in [0.4, 0.5) is 0 Å². The topological polar surface area (TPSA) is 28.4 Å². The van der Waals surface area contributed by atoms with Crippen LogP contribution >= 0.6 is 0 Å². The van der Waals surface area contributed by atoms with E-state index in [0.717, 1.165) is 25.9 Å². The van der Waals surface area contributed by atoms with Gasteiger partial charge in [0.2, 0.25) is 0 Å². The summed E-state index contributed by atoms with van der Waals surface area (Å²) in [5.74, 6) is 0. The number of para-hydroxylation sites is 1. The maximum absolute atomic E-state index is 10.6. The Morgan fingerprint density at radius 2 is 2.14 bits per heavy atom. The molecule has 0 spiro atoms. The summed E-state index contributed by atoms with van der Waals surface area (Å²) in [6.07, 6.45) is 7.60. The second-order valence-corrected chi connectivity index (χ2v) is 7.15. The Morgan fingerprint density at radius 1 is 1.27 bits per heavy atom. The second-order valence-electron chi connectivity index (χ2n) is 7.15. The van der Waals surface area contributed by atoms with Crippen molar-refractivity contribution >= 4 is 17.1 Å². The van der Waals surface area contributed by atoms with E-state index in [9.17, 15) is 5.11 Å². The molecule has 1 fully saturated rings. The Labute approximate surface area is 130 Å². The maximum atomic E-state index is 10.6. The van der Waals surface area contributed by atoms with Gasteiger partial charge in [-0.3, -0.25) is 4.90 Å². The van der Waals surface area contributed by atoms with Crippen molar-refractivity contribution in [2.45, 2.75) is 38.3 Å². The smallest absolute Gasteiger partial charge is 0.0624 e. The van der Waals surface area contributed by atoms with Gasteiger partial charge < -0.3 is 9.67 Å². The fraction of sp³-hybridized carbons (Fsp3) is 0.474. The molecule has 3 aliphatic heterocycles. The number of aliphatic hydroxyl groups is 1. The molecule has 5 rings (SSSR count).